The Bertz CT molecular complexity index is 4760. The van der Waals surface area contributed by atoms with Crippen molar-refractivity contribution in [1.82, 2.24) is 34.1 Å². The number of benzene rings is 5. The van der Waals surface area contributed by atoms with Gasteiger partial charge in [0, 0.05) is 36.1 Å². The molecule has 2 aliphatic rings. The molecule has 23 nitrogen and oxygen atoms in total. The van der Waals surface area contributed by atoms with Gasteiger partial charge in [0.1, 0.15) is 34.8 Å². The molecule has 106 heavy (non-hydrogen) atoms. The van der Waals surface area contributed by atoms with Crippen LogP contribution < -0.4 is 29.6 Å². The van der Waals surface area contributed by atoms with Crippen molar-refractivity contribution in [3.05, 3.63) is 165 Å². The van der Waals surface area contributed by atoms with E-state index < -0.39 is 42.1 Å². The standard InChI is InChI=1S/C49H53N5O6.C32H40Cl2N6O6/c1-8-9-10-11-22-40(58-39-24-23-29(2)25-31(39)4)46(55)51-36-19-14-18-35(28-36)44-52-45-41(49(57)59-43-32(5)26-30(3)27-33(43)6)42(50-7)47(54(45)53-44)60-48(56)38-21-15-17-34-16-12-13-20-37(34)38;1-17-8-9-23(19(3)14-17)44-22(6)28(41)37-31-36-27-24(30(42)45-26-20(4)15-18(2)16-21(26)5)25(35-7)29(40(27)38-31)46-32(43)39(12-10-33)13-11-34/h12-21,23-25,28,30,32-33,40,43H,8-11,22,26-27H2,1-6H3,(H,51,55)(H,52,53);8-9,14,18,20-22,26H,10-13,15-16H2,1-6H3,(H2,36,37,38,41). The molecule has 3 amide bonds. The summed E-state index contributed by atoms with van der Waals surface area (Å²) in [5.74, 6) is -0.319. The maximum atomic E-state index is 14.3. The Morgan fingerprint density at radius 1 is 0.613 bits per heavy atom. The molecule has 5 aromatic carbocycles. The van der Waals surface area contributed by atoms with Crippen molar-refractivity contribution in [2.45, 2.75) is 165 Å². The summed E-state index contributed by atoms with van der Waals surface area (Å²) in [6.45, 7) is 40.6. The molecular weight excluding hydrogens is 1390 g/mol. The minimum Gasteiger partial charge on any atom is -0.481 e. The topological polar surface area (TPSA) is 260 Å². The summed E-state index contributed by atoms with van der Waals surface area (Å²) in [4.78, 5) is 99.9. The molecule has 6 unspecified atom stereocenters. The number of hydrogen-bond donors (Lipinski definition) is 4. The van der Waals surface area contributed by atoms with E-state index in [-0.39, 0.29) is 118 Å². The van der Waals surface area contributed by atoms with Gasteiger partial charge in [-0.25, -0.2) is 42.9 Å². The van der Waals surface area contributed by atoms with Crippen molar-refractivity contribution in [2.24, 2.45) is 35.5 Å². The third-order valence-corrected chi connectivity index (χ3v) is 20.0. The number of amides is 3. The number of fused-ring (bicyclic) bond motifs is 3. The van der Waals surface area contributed by atoms with E-state index >= 15 is 0 Å². The zero-order valence-electron chi connectivity index (χ0n) is 62.1. The summed E-state index contributed by atoms with van der Waals surface area (Å²) >= 11 is 11.7. The number of H-pyrrole nitrogens is 2. The number of nitrogens with one attached hydrogen (secondary N) is 4. The highest BCUT2D eigenvalue weighted by molar-refractivity contribution is 6.18. The normalized spacial score (nSPS) is 19.0. The number of carbonyl (C=O) groups excluding carboxylic acids is 6. The summed E-state index contributed by atoms with van der Waals surface area (Å²) in [5.41, 5.74) is 4.71. The maximum Gasteiger partial charge on any atom is 0.415 e. The van der Waals surface area contributed by atoms with Gasteiger partial charge in [0.25, 0.3) is 23.2 Å². The Kier molecular flexibility index (Phi) is 25.9. The SMILES string of the molecule is [C-]#[N+]c1c(C(=O)OC2C(C)CC(C)CC2C)c2nc(-c3cccc(NC(=O)C(CCCCCC)Oc4ccc(C)cc4C)c3)[nH]n2c1OC(=O)c1cccc2ccccc12.[C-]#[N+]c1c(C(=O)OC2C(C)CC(C)CC2C)c2nc(NC(=O)C(C)Oc3ccc(C)cc3C)[nH]n2c1OC(=O)N(CCCl)CCCl. The van der Waals surface area contributed by atoms with Crippen LogP contribution in [0.4, 0.5) is 27.8 Å². The molecule has 2 saturated carbocycles. The van der Waals surface area contributed by atoms with Crippen molar-refractivity contribution < 1.29 is 57.2 Å². The van der Waals surface area contributed by atoms with E-state index in [2.05, 4.69) is 70.1 Å². The molecule has 0 bridgehead atoms. The Balaban J connectivity index is 0.000000235. The van der Waals surface area contributed by atoms with Gasteiger partial charge in [-0.05, 0) is 161 Å². The zero-order valence-corrected chi connectivity index (χ0v) is 63.6. The summed E-state index contributed by atoms with van der Waals surface area (Å²) in [6, 6.07) is 31.5. The molecule has 0 aliphatic heterocycles. The molecule has 0 radical (unpaired) electrons. The molecular formula is C81H93Cl2N11O12. The number of aromatic nitrogens is 6. The molecule has 0 spiro atoms. The molecule has 11 rings (SSSR count). The van der Waals surface area contributed by atoms with E-state index in [1.54, 1.807) is 43.3 Å². The molecule has 0 saturated heterocycles. The number of nitrogens with zero attached hydrogens (tertiary/aromatic N) is 7. The van der Waals surface area contributed by atoms with Crippen molar-refractivity contribution >= 4 is 104 Å². The van der Waals surface area contributed by atoms with Crippen LogP contribution >= 0.6 is 23.2 Å². The van der Waals surface area contributed by atoms with E-state index in [1.807, 2.05) is 108 Å². The first-order valence-corrected chi connectivity index (χ1v) is 37.3. The number of carbonyl (C=O) groups is 6. The first-order chi connectivity index (χ1) is 50.8. The summed E-state index contributed by atoms with van der Waals surface area (Å²) in [6.07, 6.45) is 4.97. The van der Waals surface area contributed by atoms with Crippen molar-refractivity contribution in [3.63, 3.8) is 0 Å². The van der Waals surface area contributed by atoms with E-state index in [0.29, 0.717) is 57.8 Å². The van der Waals surface area contributed by atoms with Crippen molar-refractivity contribution in [1.29, 1.82) is 0 Å². The van der Waals surface area contributed by atoms with Crippen molar-refractivity contribution in [2.75, 3.05) is 35.5 Å². The van der Waals surface area contributed by atoms with Crippen LogP contribution in [0.25, 0.3) is 43.1 Å². The molecule has 9 aromatic rings. The second-order valence-electron chi connectivity index (χ2n) is 28.5. The Morgan fingerprint density at radius 2 is 1.15 bits per heavy atom. The van der Waals surface area contributed by atoms with Crippen LogP contribution in [0.5, 0.6) is 23.3 Å². The molecule has 4 aromatic heterocycles. The first kappa shape index (κ1) is 78.2. The number of alkyl halides is 2. The number of ether oxygens (including phenoxy) is 6. The van der Waals surface area contributed by atoms with E-state index in [4.69, 9.17) is 69.8 Å². The van der Waals surface area contributed by atoms with Crippen LogP contribution in [0.1, 0.15) is 167 Å². The fourth-order valence-electron chi connectivity index (χ4n) is 14.8. The quantitative estimate of drug-likeness (QED) is 0.0180. The van der Waals surface area contributed by atoms with Crippen LogP contribution in [0, 0.1) is 76.3 Å². The van der Waals surface area contributed by atoms with Crippen LogP contribution in [0.15, 0.2) is 103 Å². The fourth-order valence-corrected chi connectivity index (χ4v) is 15.2. The smallest absolute Gasteiger partial charge is 0.415 e. The predicted octanol–water partition coefficient (Wildman–Crippen LogP) is 18.2. The third kappa shape index (κ3) is 18.1. The number of esters is 3. The molecule has 6 atom stereocenters. The highest BCUT2D eigenvalue weighted by Gasteiger charge is 2.40. The molecule has 2 fully saturated rings. The molecule has 2 aliphatic carbocycles. The van der Waals surface area contributed by atoms with Crippen molar-refractivity contribution in [3.8, 4) is 34.6 Å². The van der Waals surface area contributed by atoms with Gasteiger partial charge < -0.3 is 38.6 Å². The molecule has 4 heterocycles. The van der Waals surface area contributed by atoms with Crippen LogP contribution in [-0.4, -0.2) is 119 Å². The Labute approximate surface area is 627 Å². The summed E-state index contributed by atoms with van der Waals surface area (Å²) in [7, 11) is 0. The lowest BCUT2D eigenvalue weighted by molar-refractivity contribution is -0.123. The first-order valence-electron chi connectivity index (χ1n) is 36.3. The highest BCUT2D eigenvalue weighted by Crippen LogP contribution is 2.44. The lowest BCUT2D eigenvalue weighted by Gasteiger charge is -2.37. The molecule has 558 valence electrons. The number of anilines is 2. The largest absolute Gasteiger partial charge is 0.481 e. The molecule has 4 N–H and O–H groups in total. The Hall–Kier alpha value is -10.4. The minimum absolute atomic E-state index is 0.0530. The monoisotopic (exact) mass is 1480 g/mol. The predicted molar refractivity (Wildman–Crippen MR) is 409 cm³/mol. The number of halogens is 2. The third-order valence-electron chi connectivity index (χ3n) is 19.7. The van der Waals surface area contributed by atoms with Gasteiger partial charge in [0.2, 0.25) is 17.7 Å². The van der Waals surface area contributed by atoms with Gasteiger partial charge in [-0.15, -0.1) is 23.2 Å². The van der Waals surface area contributed by atoms with Gasteiger partial charge >= 0.3 is 24.0 Å². The second-order valence-corrected chi connectivity index (χ2v) is 29.3. The van der Waals surface area contributed by atoms with E-state index in [9.17, 15) is 28.8 Å². The van der Waals surface area contributed by atoms with Gasteiger partial charge in [-0.1, -0.05) is 152 Å². The average Bonchev–Trinajstić information content (AvgIpc) is 1.62. The van der Waals surface area contributed by atoms with E-state index in [0.717, 1.165) is 79.0 Å². The van der Waals surface area contributed by atoms with E-state index in [1.165, 1.54) is 13.9 Å². The number of aromatic amines is 2. The lowest BCUT2D eigenvalue weighted by Crippen LogP contribution is -2.37. The highest BCUT2D eigenvalue weighted by atomic mass is 35.5. The zero-order chi connectivity index (χ0) is 76.2. The number of hydrogen-bond acceptors (Lipinski definition) is 14. The van der Waals surface area contributed by atoms with Crippen LogP contribution in [0.2, 0.25) is 0 Å². The molecule has 25 heteroatoms. The van der Waals surface area contributed by atoms with Gasteiger partial charge in [0.15, 0.2) is 29.3 Å². The van der Waals surface area contributed by atoms with Crippen LogP contribution in [-0.2, 0) is 19.1 Å². The number of unbranched alkanes of at least 4 members (excludes halogenated alkanes) is 3. The summed E-state index contributed by atoms with van der Waals surface area (Å²) in [5, 5.41) is 13.2. The Morgan fingerprint density at radius 3 is 1.72 bits per heavy atom. The fraction of sp³-hybridized carbons (Fsp3) is 0.432. The van der Waals surface area contributed by atoms with Gasteiger partial charge in [-0.2, -0.15) is 4.98 Å². The van der Waals surface area contributed by atoms with Gasteiger partial charge in [-0.3, -0.25) is 25.1 Å². The second kappa shape index (κ2) is 35.2. The average molecular weight is 1480 g/mol. The van der Waals surface area contributed by atoms with Crippen LogP contribution in [0.3, 0.4) is 0 Å². The number of rotatable bonds is 25. The summed E-state index contributed by atoms with van der Waals surface area (Å²) < 4.78 is 38.7. The lowest BCUT2D eigenvalue weighted by atomic mass is 9.75. The minimum atomic E-state index is -0.914. The maximum absolute atomic E-state index is 14.3. The van der Waals surface area contributed by atoms with Gasteiger partial charge in [0.05, 0.1) is 18.7 Å². The number of aryl methyl sites for hydroxylation is 4.